The Morgan fingerprint density at radius 2 is 1.84 bits per heavy atom. The van der Waals surface area contributed by atoms with E-state index in [1.165, 1.54) is 25.3 Å². The van der Waals surface area contributed by atoms with Gasteiger partial charge in [0.2, 0.25) is 0 Å². The number of hydrogen-bond donors (Lipinski definition) is 1. The predicted octanol–water partition coefficient (Wildman–Crippen LogP) is 2.08. The van der Waals surface area contributed by atoms with Gasteiger partial charge in [-0.05, 0) is 12.1 Å². The fourth-order valence-corrected chi connectivity index (χ4v) is 1.98. The fraction of sp³-hybridized carbons (Fsp3) is 0.500. The van der Waals surface area contributed by atoms with E-state index < -0.39 is 6.36 Å². The van der Waals surface area contributed by atoms with Crippen LogP contribution in [0.25, 0.3) is 0 Å². The monoisotopic (exact) mass is 277 g/mol. The van der Waals surface area contributed by atoms with Gasteiger partial charge in [0, 0.05) is 19.6 Å². The molecule has 0 aliphatic heterocycles. The van der Waals surface area contributed by atoms with Crippen molar-refractivity contribution in [1.29, 1.82) is 0 Å². The first-order chi connectivity index (χ1) is 8.90. The second-order valence-electron chi connectivity index (χ2n) is 4.25. The number of ether oxygens (including phenoxy) is 3. The molecule has 0 heterocycles. The maximum Gasteiger partial charge on any atom is 0.573 e. The summed E-state index contributed by atoms with van der Waals surface area (Å²) in [7, 11) is 1.48. The minimum Gasteiger partial charge on any atom is -0.484 e. The normalized spacial score (nSPS) is 26.7. The number of halogens is 3. The average molecular weight is 277 g/mol. The van der Waals surface area contributed by atoms with Crippen molar-refractivity contribution in [1.82, 2.24) is 0 Å². The minimum atomic E-state index is -4.75. The molecule has 0 spiro atoms. The molecule has 0 aromatic heterocycles. The van der Waals surface area contributed by atoms with Crippen LogP contribution in [0.4, 0.5) is 13.2 Å². The van der Waals surface area contributed by atoms with E-state index in [-0.39, 0.29) is 29.7 Å². The molecule has 0 amide bonds. The molecule has 0 bridgehead atoms. The van der Waals surface area contributed by atoms with Crippen LogP contribution in [0.2, 0.25) is 0 Å². The van der Waals surface area contributed by atoms with Gasteiger partial charge in [-0.25, -0.2) is 0 Å². The lowest BCUT2D eigenvalue weighted by Crippen LogP contribution is -2.59. The summed E-state index contributed by atoms with van der Waals surface area (Å²) in [4.78, 5) is 0. The van der Waals surface area contributed by atoms with E-state index in [0.29, 0.717) is 6.42 Å². The van der Waals surface area contributed by atoms with Gasteiger partial charge in [0.05, 0.1) is 0 Å². The van der Waals surface area contributed by atoms with Crippen LogP contribution in [0, 0.1) is 0 Å². The van der Waals surface area contributed by atoms with Crippen molar-refractivity contribution in [2.75, 3.05) is 7.11 Å². The maximum atomic E-state index is 12.2. The molecule has 0 radical (unpaired) electrons. The van der Waals surface area contributed by atoms with E-state index in [4.69, 9.17) is 15.2 Å². The highest BCUT2D eigenvalue weighted by Crippen LogP contribution is 2.35. The molecule has 106 valence electrons. The number of nitrogens with two attached hydrogens (primary N) is 1. The zero-order valence-corrected chi connectivity index (χ0v) is 10.2. The summed E-state index contributed by atoms with van der Waals surface area (Å²) >= 11 is 0. The lowest BCUT2D eigenvalue weighted by molar-refractivity contribution is -0.275. The quantitative estimate of drug-likeness (QED) is 0.915. The van der Waals surface area contributed by atoms with Crippen LogP contribution in [0.1, 0.15) is 6.42 Å². The van der Waals surface area contributed by atoms with Crippen molar-refractivity contribution >= 4 is 0 Å². The summed E-state index contributed by atoms with van der Waals surface area (Å²) in [6.07, 6.45) is -4.91. The van der Waals surface area contributed by atoms with Crippen molar-refractivity contribution < 1.29 is 27.4 Å². The maximum absolute atomic E-state index is 12.2. The molecule has 1 aliphatic rings. The molecular weight excluding hydrogens is 263 g/mol. The van der Waals surface area contributed by atoms with Crippen LogP contribution in [0.3, 0.4) is 0 Å². The molecule has 3 atom stereocenters. The molecule has 1 aromatic rings. The van der Waals surface area contributed by atoms with E-state index >= 15 is 0 Å². The third-order valence-electron chi connectivity index (χ3n) is 2.92. The molecule has 1 aliphatic carbocycles. The van der Waals surface area contributed by atoms with Gasteiger partial charge >= 0.3 is 6.36 Å². The van der Waals surface area contributed by atoms with Crippen molar-refractivity contribution in [3.63, 3.8) is 0 Å². The smallest absolute Gasteiger partial charge is 0.484 e. The number of para-hydroxylation sites is 2. The Morgan fingerprint density at radius 3 is 2.37 bits per heavy atom. The van der Waals surface area contributed by atoms with Crippen molar-refractivity contribution in [2.45, 2.75) is 31.0 Å². The van der Waals surface area contributed by atoms with Gasteiger partial charge in [0.15, 0.2) is 11.5 Å². The van der Waals surface area contributed by atoms with Crippen molar-refractivity contribution in [3.05, 3.63) is 24.3 Å². The largest absolute Gasteiger partial charge is 0.573 e. The standard InChI is InChI=1S/C12H14F3NO3/c1-17-11-7(16)6-10(11)18-8-4-2-3-5-9(8)19-12(13,14)15/h2-5,7,10-11H,6,16H2,1H3. The first-order valence-corrected chi connectivity index (χ1v) is 5.70. The zero-order valence-electron chi connectivity index (χ0n) is 10.2. The Labute approximate surface area is 108 Å². The average Bonchev–Trinajstić information content (AvgIpc) is 2.29. The molecule has 1 fully saturated rings. The Kier molecular flexibility index (Phi) is 3.86. The Hall–Kier alpha value is -1.47. The third-order valence-corrected chi connectivity index (χ3v) is 2.92. The molecule has 0 saturated heterocycles. The van der Waals surface area contributed by atoms with Crippen LogP contribution >= 0.6 is 0 Å². The van der Waals surface area contributed by atoms with Gasteiger partial charge in [-0.2, -0.15) is 0 Å². The summed E-state index contributed by atoms with van der Waals surface area (Å²) in [6.45, 7) is 0. The predicted molar refractivity (Wildman–Crippen MR) is 60.9 cm³/mol. The van der Waals surface area contributed by atoms with Crippen LogP contribution in [-0.4, -0.2) is 31.7 Å². The molecule has 1 saturated carbocycles. The van der Waals surface area contributed by atoms with Crippen LogP contribution in [-0.2, 0) is 4.74 Å². The fourth-order valence-electron chi connectivity index (χ4n) is 1.98. The number of benzene rings is 1. The number of hydrogen-bond acceptors (Lipinski definition) is 4. The lowest BCUT2D eigenvalue weighted by Gasteiger charge is -2.41. The van der Waals surface area contributed by atoms with Gasteiger partial charge in [0.25, 0.3) is 0 Å². The lowest BCUT2D eigenvalue weighted by atomic mass is 9.86. The highest BCUT2D eigenvalue weighted by Gasteiger charge is 2.41. The SMILES string of the molecule is COC1C(N)CC1Oc1ccccc1OC(F)(F)F. The number of alkyl halides is 3. The molecular formula is C12H14F3NO3. The summed E-state index contributed by atoms with van der Waals surface area (Å²) < 4.78 is 51.2. The Morgan fingerprint density at radius 1 is 1.21 bits per heavy atom. The molecule has 7 heteroatoms. The number of methoxy groups -OCH3 is 1. The second-order valence-corrected chi connectivity index (χ2v) is 4.25. The van der Waals surface area contributed by atoms with E-state index in [1.807, 2.05) is 0 Å². The Balaban J connectivity index is 2.08. The minimum absolute atomic E-state index is 0.0266. The number of rotatable bonds is 4. The molecule has 2 N–H and O–H groups in total. The second kappa shape index (κ2) is 5.26. The summed E-state index contributed by atoms with van der Waals surface area (Å²) in [5, 5.41) is 0. The first kappa shape index (κ1) is 14.0. The van der Waals surface area contributed by atoms with E-state index in [1.54, 1.807) is 6.07 Å². The van der Waals surface area contributed by atoms with Gasteiger partial charge in [-0.3, -0.25) is 0 Å². The van der Waals surface area contributed by atoms with Crippen LogP contribution < -0.4 is 15.2 Å². The van der Waals surface area contributed by atoms with E-state index in [0.717, 1.165) is 0 Å². The highest BCUT2D eigenvalue weighted by molar-refractivity contribution is 5.40. The van der Waals surface area contributed by atoms with Crippen molar-refractivity contribution in [2.24, 2.45) is 5.73 Å². The molecule has 1 aromatic carbocycles. The van der Waals surface area contributed by atoms with Gasteiger partial charge in [-0.1, -0.05) is 12.1 Å². The summed E-state index contributed by atoms with van der Waals surface area (Å²) in [5.74, 6) is -0.343. The van der Waals surface area contributed by atoms with E-state index in [9.17, 15) is 13.2 Å². The topological polar surface area (TPSA) is 53.7 Å². The summed E-state index contributed by atoms with van der Waals surface area (Å²) in [5.41, 5.74) is 5.70. The molecule has 3 unspecified atom stereocenters. The molecule has 4 nitrogen and oxygen atoms in total. The Bertz CT molecular complexity index is 438. The first-order valence-electron chi connectivity index (χ1n) is 5.70. The van der Waals surface area contributed by atoms with Gasteiger partial charge in [-0.15, -0.1) is 13.2 Å². The van der Waals surface area contributed by atoms with Gasteiger partial charge < -0.3 is 19.9 Å². The van der Waals surface area contributed by atoms with Crippen LogP contribution in [0.5, 0.6) is 11.5 Å². The third kappa shape index (κ3) is 3.30. The molecule has 19 heavy (non-hydrogen) atoms. The van der Waals surface area contributed by atoms with E-state index in [2.05, 4.69) is 4.74 Å². The molecule has 2 rings (SSSR count). The highest BCUT2D eigenvalue weighted by atomic mass is 19.4. The van der Waals surface area contributed by atoms with Crippen molar-refractivity contribution in [3.8, 4) is 11.5 Å². The summed E-state index contributed by atoms with van der Waals surface area (Å²) in [6, 6.07) is 5.46. The van der Waals surface area contributed by atoms with Crippen LogP contribution in [0.15, 0.2) is 24.3 Å². The van der Waals surface area contributed by atoms with Gasteiger partial charge in [0.1, 0.15) is 12.2 Å². The zero-order chi connectivity index (χ0) is 14.0.